The third-order valence-corrected chi connectivity index (χ3v) is 3.31. The molecule has 19 heavy (non-hydrogen) atoms. The zero-order valence-corrected chi connectivity index (χ0v) is 11.3. The van der Waals surface area contributed by atoms with Gasteiger partial charge in [-0.3, -0.25) is 4.90 Å². The van der Waals surface area contributed by atoms with Crippen molar-refractivity contribution >= 4 is 0 Å². The van der Waals surface area contributed by atoms with Gasteiger partial charge in [-0.15, -0.1) is 0 Å². The van der Waals surface area contributed by atoms with Crippen LogP contribution in [-0.4, -0.2) is 50.9 Å². The van der Waals surface area contributed by atoms with E-state index in [1.165, 1.54) is 13.2 Å². The van der Waals surface area contributed by atoms with Crippen LogP contribution in [0.1, 0.15) is 5.56 Å². The number of benzene rings is 1. The molecular weight excluding hydrogens is 247 g/mol. The van der Waals surface area contributed by atoms with Crippen molar-refractivity contribution in [2.24, 2.45) is 5.73 Å². The lowest BCUT2D eigenvalue weighted by molar-refractivity contribution is 0.0353. The summed E-state index contributed by atoms with van der Waals surface area (Å²) in [7, 11) is 1.46. The van der Waals surface area contributed by atoms with E-state index in [-0.39, 0.29) is 17.6 Å². The fourth-order valence-corrected chi connectivity index (χ4v) is 2.32. The van der Waals surface area contributed by atoms with E-state index in [1.54, 1.807) is 6.07 Å². The molecule has 0 amide bonds. The second kappa shape index (κ2) is 6.84. The lowest BCUT2D eigenvalue weighted by Crippen LogP contribution is -2.44. The summed E-state index contributed by atoms with van der Waals surface area (Å²) >= 11 is 0. The zero-order valence-electron chi connectivity index (χ0n) is 11.3. The number of rotatable bonds is 5. The quantitative estimate of drug-likeness (QED) is 0.866. The molecule has 2 N–H and O–H groups in total. The molecule has 0 bridgehead atoms. The highest BCUT2D eigenvalue weighted by Crippen LogP contribution is 2.18. The Morgan fingerprint density at radius 3 is 2.79 bits per heavy atom. The van der Waals surface area contributed by atoms with Crippen LogP contribution in [0, 0.1) is 5.82 Å². The standard InChI is InChI=1S/C14H21FN2O2/c1-18-14-3-2-11(9-13(14)15)8-12(16)10-17-4-6-19-7-5-17/h2-3,9,12H,4-8,10,16H2,1H3. The summed E-state index contributed by atoms with van der Waals surface area (Å²) in [6.07, 6.45) is 0.665. The van der Waals surface area contributed by atoms with Gasteiger partial charge in [0.15, 0.2) is 11.6 Å². The molecule has 5 heteroatoms. The predicted octanol–water partition coefficient (Wildman–Crippen LogP) is 1.04. The largest absolute Gasteiger partial charge is 0.494 e. The molecule has 106 valence electrons. The van der Waals surface area contributed by atoms with E-state index in [2.05, 4.69) is 4.90 Å². The third kappa shape index (κ3) is 4.16. The second-order valence-corrected chi connectivity index (χ2v) is 4.85. The SMILES string of the molecule is COc1ccc(CC(N)CN2CCOCC2)cc1F. The molecule has 1 saturated heterocycles. The molecule has 0 aromatic heterocycles. The smallest absolute Gasteiger partial charge is 0.165 e. The lowest BCUT2D eigenvalue weighted by atomic mass is 10.1. The van der Waals surface area contributed by atoms with Gasteiger partial charge in [0.2, 0.25) is 0 Å². The molecule has 1 aliphatic heterocycles. The molecule has 0 radical (unpaired) electrons. The number of morpholine rings is 1. The Hall–Kier alpha value is -1.17. The average molecular weight is 268 g/mol. The number of halogens is 1. The predicted molar refractivity (Wildman–Crippen MR) is 71.9 cm³/mol. The van der Waals surface area contributed by atoms with Crippen LogP contribution in [0.3, 0.4) is 0 Å². The maximum absolute atomic E-state index is 13.6. The third-order valence-electron chi connectivity index (χ3n) is 3.31. The Balaban J connectivity index is 1.87. The van der Waals surface area contributed by atoms with Gasteiger partial charge in [-0.05, 0) is 24.1 Å². The molecule has 1 aromatic rings. The molecule has 1 fully saturated rings. The Labute approximate surface area is 113 Å². The molecule has 1 aliphatic rings. The summed E-state index contributed by atoms with van der Waals surface area (Å²) in [6, 6.07) is 5.01. The van der Waals surface area contributed by atoms with E-state index in [0.29, 0.717) is 6.42 Å². The summed E-state index contributed by atoms with van der Waals surface area (Å²) in [5.74, 6) is -0.0657. The van der Waals surface area contributed by atoms with Crippen LogP contribution in [0.4, 0.5) is 4.39 Å². The first kappa shape index (κ1) is 14.2. The number of hydrogen-bond donors (Lipinski definition) is 1. The number of nitrogens with zero attached hydrogens (tertiary/aromatic N) is 1. The minimum atomic E-state index is -0.335. The van der Waals surface area contributed by atoms with Crippen molar-refractivity contribution in [2.75, 3.05) is 40.0 Å². The highest BCUT2D eigenvalue weighted by molar-refractivity contribution is 5.29. The van der Waals surface area contributed by atoms with Gasteiger partial charge >= 0.3 is 0 Å². The fourth-order valence-electron chi connectivity index (χ4n) is 2.32. The first-order valence-corrected chi connectivity index (χ1v) is 6.57. The van der Waals surface area contributed by atoms with E-state index in [1.807, 2.05) is 6.07 Å². The summed E-state index contributed by atoms with van der Waals surface area (Å²) < 4.78 is 23.8. The Bertz CT molecular complexity index is 408. The van der Waals surface area contributed by atoms with Gasteiger partial charge in [0.1, 0.15) is 0 Å². The van der Waals surface area contributed by atoms with E-state index >= 15 is 0 Å². The van der Waals surface area contributed by atoms with Gasteiger partial charge in [0.25, 0.3) is 0 Å². The van der Waals surface area contributed by atoms with Gasteiger partial charge in [-0.2, -0.15) is 0 Å². The van der Waals surface area contributed by atoms with Gasteiger partial charge in [0, 0.05) is 25.7 Å². The molecule has 4 nitrogen and oxygen atoms in total. The van der Waals surface area contributed by atoms with E-state index < -0.39 is 0 Å². The summed E-state index contributed by atoms with van der Waals surface area (Å²) in [4.78, 5) is 2.29. The Morgan fingerprint density at radius 1 is 1.42 bits per heavy atom. The van der Waals surface area contributed by atoms with E-state index in [0.717, 1.165) is 38.4 Å². The van der Waals surface area contributed by atoms with Gasteiger partial charge in [-0.25, -0.2) is 4.39 Å². The maximum Gasteiger partial charge on any atom is 0.165 e. The Kier molecular flexibility index (Phi) is 5.13. The van der Waals surface area contributed by atoms with Crippen LogP contribution in [0.25, 0.3) is 0 Å². The molecule has 1 atom stereocenters. The second-order valence-electron chi connectivity index (χ2n) is 4.85. The van der Waals surface area contributed by atoms with Crippen molar-refractivity contribution in [1.29, 1.82) is 0 Å². The van der Waals surface area contributed by atoms with Crippen LogP contribution >= 0.6 is 0 Å². The number of methoxy groups -OCH3 is 1. The number of hydrogen-bond acceptors (Lipinski definition) is 4. The van der Waals surface area contributed by atoms with Crippen LogP contribution < -0.4 is 10.5 Å². The normalized spacial score (nSPS) is 18.3. The van der Waals surface area contributed by atoms with Crippen LogP contribution in [0.2, 0.25) is 0 Å². The van der Waals surface area contributed by atoms with Crippen molar-refractivity contribution < 1.29 is 13.9 Å². The Morgan fingerprint density at radius 2 is 2.16 bits per heavy atom. The van der Waals surface area contributed by atoms with E-state index in [9.17, 15) is 4.39 Å². The first-order valence-electron chi connectivity index (χ1n) is 6.57. The molecule has 1 aromatic carbocycles. The summed E-state index contributed by atoms with van der Waals surface area (Å²) in [5, 5.41) is 0. The topological polar surface area (TPSA) is 47.7 Å². The molecule has 2 rings (SSSR count). The van der Waals surface area contributed by atoms with Crippen LogP contribution in [0.15, 0.2) is 18.2 Å². The average Bonchev–Trinajstić information content (AvgIpc) is 2.40. The highest BCUT2D eigenvalue weighted by Gasteiger charge is 2.15. The van der Waals surface area contributed by atoms with Crippen molar-refractivity contribution in [3.63, 3.8) is 0 Å². The maximum atomic E-state index is 13.6. The fraction of sp³-hybridized carbons (Fsp3) is 0.571. The zero-order chi connectivity index (χ0) is 13.7. The van der Waals surface area contributed by atoms with Gasteiger partial charge in [0.05, 0.1) is 20.3 Å². The molecule has 1 heterocycles. The minimum Gasteiger partial charge on any atom is -0.494 e. The molecule has 1 unspecified atom stereocenters. The minimum absolute atomic E-state index is 0.00546. The van der Waals surface area contributed by atoms with Gasteiger partial charge < -0.3 is 15.2 Å². The number of ether oxygens (including phenoxy) is 2. The van der Waals surface area contributed by atoms with Crippen molar-refractivity contribution in [1.82, 2.24) is 4.90 Å². The molecule has 0 saturated carbocycles. The van der Waals surface area contributed by atoms with Crippen LogP contribution in [-0.2, 0) is 11.2 Å². The first-order chi connectivity index (χ1) is 9.19. The number of nitrogens with two attached hydrogens (primary N) is 1. The van der Waals surface area contributed by atoms with Gasteiger partial charge in [-0.1, -0.05) is 6.07 Å². The molecule has 0 aliphatic carbocycles. The highest BCUT2D eigenvalue weighted by atomic mass is 19.1. The monoisotopic (exact) mass is 268 g/mol. The van der Waals surface area contributed by atoms with Crippen LogP contribution in [0.5, 0.6) is 5.75 Å². The van der Waals surface area contributed by atoms with Crippen molar-refractivity contribution in [3.05, 3.63) is 29.6 Å². The molecular formula is C14H21FN2O2. The summed E-state index contributed by atoms with van der Waals surface area (Å²) in [5.41, 5.74) is 7.02. The van der Waals surface area contributed by atoms with Crippen molar-refractivity contribution in [3.8, 4) is 5.75 Å². The van der Waals surface area contributed by atoms with E-state index in [4.69, 9.17) is 15.2 Å². The molecule has 0 spiro atoms. The van der Waals surface area contributed by atoms with Crippen molar-refractivity contribution in [2.45, 2.75) is 12.5 Å². The lowest BCUT2D eigenvalue weighted by Gasteiger charge is -2.29. The summed E-state index contributed by atoms with van der Waals surface area (Å²) in [6.45, 7) is 4.19.